The quantitative estimate of drug-likeness (QED) is 0.409. The maximum Gasteiger partial charge on any atom is 0.161 e. The van der Waals surface area contributed by atoms with Crippen LogP contribution >= 0.6 is 0 Å². The summed E-state index contributed by atoms with van der Waals surface area (Å²) in [6.45, 7) is 8.41. The van der Waals surface area contributed by atoms with Gasteiger partial charge < -0.3 is 37.9 Å². The molecule has 6 rings (SSSR count). The second kappa shape index (κ2) is 8.41. The minimum atomic E-state index is -0.328. The molecule has 0 amide bonds. The zero-order chi connectivity index (χ0) is 21.9. The molecule has 8 heteroatoms. The van der Waals surface area contributed by atoms with Gasteiger partial charge in [-0.25, -0.2) is 0 Å². The van der Waals surface area contributed by atoms with E-state index in [9.17, 15) is 0 Å². The maximum atomic E-state index is 6.12. The van der Waals surface area contributed by atoms with Gasteiger partial charge in [0.15, 0.2) is 18.9 Å². The smallest absolute Gasteiger partial charge is 0.161 e. The fourth-order valence-electron chi connectivity index (χ4n) is 5.98. The van der Waals surface area contributed by atoms with Gasteiger partial charge in [-0.1, -0.05) is 0 Å². The largest absolute Gasteiger partial charge is 0.366 e. The van der Waals surface area contributed by atoms with Crippen LogP contribution in [0.4, 0.5) is 0 Å². The molecule has 8 nitrogen and oxygen atoms in total. The summed E-state index contributed by atoms with van der Waals surface area (Å²) in [5.41, 5.74) is 0.254. The summed E-state index contributed by atoms with van der Waals surface area (Å²) in [7, 11) is 0. The highest BCUT2D eigenvalue weighted by molar-refractivity contribution is 5.05. The average Bonchev–Trinajstić information content (AvgIpc) is 3.43. The first-order valence-electron chi connectivity index (χ1n) is 12.5. The van der Waals surface area contributed by atoms with Crippen molar-refractivity contribution in [1.82, 2.24) is 0 Å². The molecule has 0 N–H and O–H groups in total. The highest BCUT2D eigenvalue weighted by Gasteiger charge is 2.58. The number of epoxide rings is 2. The van der Waals surface area contributed by atoms with Gasteiger partial charge in [-0.3, -0.25) is 0 Å². The van der Waals surface area contributed by atoms with Crippen LogP contribution in [-0.2, 0) is 37.9 Å². The maximum absolute atomic E-state index is 6.12. The van der Waals surface area contributed by atoms with Crippen LogP contribution in [-0.4, -0.2) is 80.9 Å². The van der Waals surface area contributed by atoms with Crippen molar-refractivity contribution >= 4 is 0 Å². The first-order chi connectivity index (χ1) is 15.4. The molecule has 0 aromatic rings. The van der Waals surface area contributed by atoms with Gasteiger partial charge in [-0.15, -0.1) is 0 Å². The highest BCUT2D eigenvalue weighted by atomic mass is 16.8. The highest BCUT2D eigenvalue weighted by Crippen LogP contribution is 2.51. The lowest BCUT2D eigenvalue weighted by atomic mass is 9.82. The second-order valence-electron chi connectivity index (χ2n) is 11.1. The molecule has 2 saturated carbocycles. The minimum Gasteiger partial charge on any atom is -0.366 e. The summed E-state index contributed by atoms with van der Waals surface area (Å²) in [6, 6.07) is 0. The topological polar surface area (TPSA) is 80.4 Å². The molecule has 10 atom stereocenters. The number of hydrogen-bond donors (Lipinski definition) is 0. The predicted molar refractivity (Wildman–Crippen MR) is 112 cm³/mol. The van der Waals surface area contributed by atoms with Gasteiger partial charge in [0.2, 0.25) is 0 Å². The Kier molecular flexibility index (Phi) is 5.83. The van der Waals surface area contributed by atoms with E-state index in [4.69, 9.17) is 37.9 Å². The van der Waals surface area contributed by atoms with Crippen molar-refractivity contribution in [3.8, 4) is 0 Å². The monoisotopic (exact) mass is 454 g/mol. The van der Waals surface area contributed by atoms with Crippen molar-refractivity contribution in [2.24, 2.45) is 11.8 Å². The molecule has 4 heterocycles. The lowest BCUT2D eigenvalue weighted by Crippen LogP contribution is -2.32. The molecule has 4 saturated heterocycles. The zero-order valence-corrected chi connectivity index (χ0v) is 19.5. The van der Waals surface area contributed by atoms with E-state index in [1.54, 1.807) is 0 Å². The fourth-order valence-corrected chi connectivity index (χ4v) is 5.98. The molecule has 182 valence electrons. The van der Waals surface area contributed by atoms with Crippen LogP contribution < -0.4 is 0 Å². The molecule has 6 aliphatic rings. The second-order valence-corrected chi connectivity index (χ2v) is 11.1. The Balaban J connectivity index is 0.861. The molecular formula is C24H38O8. The molecule has 0 aromatic carbocycles. The van der Waals surface area contributed by atoms with Crippen LogP contribution in [0.15, 0.2) is 0 Å². The van der Waals surface area contributed by atoms with Crippen molar-refractivity contribution < 1.29 is 37.9 Å². The van der Waals surface area contributed by atoms with Gasteiger partial charge >= 0.3 is 0 Å². The van der Waals surface area contributed by atoms with E-state index in [-0.39, 0.29) is 42.3 Å². The van der Waals surface area contributed by atoms with Crippen molar-refractivity contribution in [2.75, 3.05) is 26.4 Å². The zero-order valence-electron chi connectivity index (χ0n) is 19.5. The Morgan fingerprint density at radius 1 is 0.781 bits per heavy atom. The van der Waals surface area contributed by atoms with Gasteiger partial charge in [0.1, 0.15) is 12.2 Å². The van der Waals surface area contributed by atoms with Crippen LogP contribution in [0.3, 0.4) is 0 Å². The van der Waals surface area contributed by atoms with Crippen LogP contribution in [0.1, 0.15) is 59.3 Å². The molecule has 2 aliphatic carbocycles. The standard InChI is InChI=1S/C24H38O8/c1-14(25-10-17-12-27-21(29-17)15-4-6-23(2)19(8-15)31-23)26-11-18-13-28-22(30-18)16-5-7-24(3)20(9-16)32-24/h14-22H,4-13H2,1-3H3. The van der Waals surface area contributed by atoms with Gasteiger partial charge in [0, 0.05) is 11.8 Å². The average molecular weight is 455 g/mol. The molecule has 0 aromatic heterocycles. The molecule has 4 aliphatic heterocycles. The predicted octanol–water partition coefficient (Wildman–Crippen LogP) is 2.76. The third-order valence-electron chi connectivity index (χ3n) is 8.48. The van der Waals surface area contributed by atoms with E-state index in [2.05, 4.69) is 13.8 Å². The molecule has 0 spiro atoms. The van der Waals surface area contributed by atoms with E-state index >= 15 is 0 Å². The Labute approximate surface area is 190 Å². The van der Waals surface area contributed by atoms with E-state index < -0.39 is 0 Å². The van der Waals surface area contributed by atoms with E-state index in [0.717, 1.165) is 38.5 Å². The van der Waals surface area contributed by atoms with E-state index in [1.807, 2.05) is 6.92 Å². The summed E-state index contributed by atoms with van der Waals surface area (Å²) in [5, 5.41) is 0. The van der Waals surface area contributed by atoms with Crippen molar-refractivity contribution in [3.63, 3.8) is 0 Å². The molecule has 32 heavy (non-hydrogen) atoms. The van der Waals surface area contributed by atoms with Gasteiger partial charge in [0.05, 0.1) is 49.8 Å². The van der Waals surface area contributed by atoms with Crippen molar-refractivity contribution in [2.45, 2.75) is 114 Å². The number of rotatable bonds is 8. The van der Waals surface area contributed by atoms with Crippen molar-refractivity contribution in [3.05, 3.63) is 0 Å². The summed E-state index contributed by atoms with van der Waals surface area (Å²) >= 11 is 0. The summed E-state index contributed by atoms with van der Waals surface area (Å²) < 4.78 is 47.4. The first kappa shape index (κ1) is 22.2. The Hall–Kier alpha value is -0.320. The number of fused-ring (bicyclic) bond motifs is 2. The van der Waals surface area contributed by atoms with Crippen LogP contribution in [0.25, 0.3) is 0 Å². The summed E-state index contributed by atoms with van der Waals surface area (Å²) in [6.07, 6.45) is 6.56. The molecule has 0 bridgehead atoms. The van der Waals surface area contributed by atoms with Gasteiger partial charge in [-0.05, 0) is 59.3 Å². The SMILES string of the molecule is CC(OCC1COC(C2CCC3(C)OC3C2)O1)OCC1COC(C2CCC3(C)OC3C2)O1. The Morgan fingerprint density at radius 2 is 1.25 bits per heavy atom. The molecule has 10 unspecified atom stereocenters. The van der Waals surface area contributed by atoms with E-state index in [1.165, 1.54) is 0 Å². The Bertz CT molecular complexity index is 635. The van der Waals surface area contributed by atoms with Crippen LogP contribution in [0.5, 0.6) is 0 Å². The van der Waals surface area contributed by atoms with Crippen LogP contribution in [0.2, 0.25) is 0 Å². The molecule has 0 radical (unpaired) electrons. The molecule has 6 fully saturated rings. The lowest BCUT2D eigenvalue weighted by Gasteiger charge is -2.27. The third-order valence-corrected chi connectivity index (χ3v) is 8.48. The van der Waals surface area contributed by atoms with Crippen LogP contribution in [0, 0.1) is 11.8 Å². The van der Waals surface area contributed by atoms with Gasteiger partial charge in [-0.2, -0.15) is 0 Å². The molecular weight excluding hydrogens is 416 g/mol. The first-order valence-corrected chi connectivity index (χ1v) is 12.5. The fraction of sp³-hybridized carbons (Fsp3) is 1.00. The normalized spacial score (nSPS) is 53.0. The lowest BCUT2D eigenvalue weighted by molar-refractivity contribution is -0.175. The van der Waals surface area contributed by atoms with E-state index in [0.29, 0.717) is 50.5 Å². The van der Waals surface area contributed by atoms with Gasteiger partial charge in [0.25, 0.3) is 0 Å². The third kappa shape index (κ3) is 4.50. The van der Waals surface area contributed by atoms with Crippen molar-refractivity contribution in [1.29, 1.82) is 0 Å². The number of hydrogen-bond acceptors (Lipinski definition) is 8. The number of ether oxygens (including phenoxy) is 8. The summed E-state index contributed by atoms with van der Waals surface area (Å²) in [5.74, 6) is 0.845. The minimum absolute atomic E-state index is 0.0449. The summed E-state index contributed by atoms with van der Waals surface area (Å²) in [4.78, 5) is 0. The Morgan fingerprint density at radius 3 is 1.69 bits per heavy atom.